The first-order valence-electron chi connectivity index (χ1n) is 10.3. The molecule has 34 heavy (non-hydrogen) atoms. The van der Waals surface area contributed by atoms with E-state index >= 15 is 0 Å². The molecular weight excluding hydrogens is 490 g/mol. The molecule has 3 heterocycles. The SMILES string of the molecule is O=C1c2nn(Cc3cccc(F)c3F)c(Cl)c2CCN1c1cc(Cn2ccnc2)cc(Cl)c1F. The summed E-state index contributed by atoms with van der Waals surface area (Å²) >= 11 is 12.5. The molecule has 0 spiro atoms. The number of halogens is 5. The van der Waals surface area contributed by atoms with Crippen LogP contribution in [0.15, 0.2) is 49.1 Å². The second-order valence-electron chi connectivity index (χ2n) is 7.84. The highest BCUT2D eigenvalue weighted by Gasteiger charge is 2.33. The molecule has 11 heteroatoms. The first-order valence-corrected chi connectivity index (χ1v) is 11.0. The summed E-state index contributed by atoms with van der Waals surface area (Å²) in [6.45, 7) is 0.372. The van der Waals surface area contributed by atoms with Crippen molar-refractivity contribution >= 4 is 34.8 Å². The summed E-state index contributed by atoms with van der Waals surface area (Å²) in [5.74, 6) is -3.28. The topological polar surface area (TPSA) is 56.0 Å². The van der Waals surface area contributed by atoms with Gasteiger partial charge >= 0.3 is 0 Å². The largest absolute Gasteiger partial charge is 0.333 e. The molecule has 0 saturated heterocycles. The molecule has 0 atom stereocenters. The van der Waals surface area contributed by atoms with E-state index < -0.39 is 23.4 Å². The molecule has 0 fully saturated rings. The smallest absolute Gasteiger partial charge is 0.279 e. The summed E-state index contributed by atoms with van der Waals surface area (Å²) in [7, 11) is 0. The maximum Gasteiger partial charge on any atom is 0.279 e. The van der Waals surface area contributed by atoms with Gasteiger partial charge < -0.3 is 9.47 Å². The number of imidazole rings is 1. The Morgan fingerprint density at radius 2 is 1.88 bits per heavy atom. The Balaban J connectivity index is 1.47. The molecule has 0 N–H and O–H groups in total. The highest BCUT2D eigenvalue weighted by molar-refractivity contribution is 6.32. The van der Waals surface area contributed by atoms with Crippen molar-refractivity contribution in [1.29, 1.82) is 0 Å². The minimum atomic E-state index is -1.01. The van der Waals surface area contributed by atoms with Gasteiger partial charge in [0.2, 0.25) is 0 Å². The zero-order valence-corrected chi connectivity index (χ0v) is 19.0. The molecule has 5 rings (SSSR count). The molecule has 6 nitrogen and oxygen atoms in total. The average Bonchev–Trinajstić information content (AvgIpc) is 3.43. The fraction of sp³-hybridized carbons (Fsp3) is 0.174. The molecule has 0 saturated carbocycles. The number of benzene rings is 2. The van der Waals surface area contributed by atoms with Gasteiger partial charge in [0, 0.05) is 36.6 Å². The van der Waals surface area contributed by atoms with Crippen molar-refractivity contribution in [3.05, 3.63) is 99.1 Å². The van der Waals surface area contributed by atoms with Gasteiger partial charge in [0.25, 0.3) is 5.91 Å². The quantitative estimate of drug-likeness (QED) is 0.379. The number of hydrogen-bond donors (Lipinski definition) is 0. The van der Waals surface area contributed by atoms with Gasteiger partial charge in [-0.1, -0.05) is 35.3 Å². The Kier molecular flexibility index (Phi) is 5.83. The Morgan fingerprint density at radius 3 is 2.65 bits per heavy atom. The average molecular weight is 506 g/mol. The van der Waals surface area contributed by atoms with Crippen molar-refractivity contribution in [2.24, 2.45) is 0 Å². The van der Waals surface area contributed by atoms with Crippen LogP contribution in [0.25, 0.3) is 0 Å². The number of rotatable bonds is 5. The van der Waals surface area contributed by atoms with E-state index in [1.54, 1.807) is 29.4 Å². The Hall–Kier alpha value is -3.30. The summed E-state index contributed by atoms with van der Waals surface area (Å²) in [4.78, 5) is 18.5. The lowest BCUT2D eigenvalue weighted by Crippen LogP contribution is -2.38. The fourth-order valence-electron chi connectivity index (χ4n) is 4.00. The molecule has 0 aliphatic carbocycles. The number of carbonyl (C=O) groups is 1. The van der Waals surface area contributed by atoms with E-state index in [1.807, 2.05) is 0 Å². The van der Waals surface area contributed by atoms with Crippen LogP contribution in [-0.2, 0) is 19.5 Å². The van der Waals surface area contributed by atoms with E-state index in [1.165, 1.54) is 27.8 Å². The van der Waals surface area contributed by atoms with Crippen molar-refractivity contribution in [1.82, 2.24) is 19.3 Å². The van der Waals surface area contributed by atoms with Crippen LogP contribution in [0.1, 0.15) is 27.2 Å². The van der Waals surface area contributed by atoms with Crippen LogP contribution in [0.5, 0.6) is 0 Å². The molecule has 1 aliphatic heterocycles. The second-order valence-corrected chi connectivity index (χ2v) is 8.61. The van der Waals surface area contributed by atoms with Crippen molar-refractivity contribution in [3.63, 3.8) is 0 Å². The van der Waals surface area contributed by atoms with Crippen LogP contribution in [0.2, 0.25) is 10.2 Å². The summed E-state index contributed by atoms with van der Waals surface area (Å²) in [5.41, 5.74) is 1.25. The Labute approximate surface area is 202 Å². The highest BCUT2D eigenvalue weighted by atomic mass is 35.5. The van der Waals surface area contributed by atoms with E-state index in [9.17, 15) is 18.0 Å². The third kappa shape index (κ3) is 3.95. The number of carbonyl (C=O) groups excluding carboxylic acids is 1. The van der Waals surface area contributed by atoms with E-state index in [4.69, 9.17) is 23.2 Å². The first-order chi connectivity index (χ1) is 16.3. The van der Waals surface area contributed by atoms with Crippen LogP contribution in [-0.4, -0.2) is 31.8 Å². The summed E-state index contributed by atoms with van der Waals surface area (Å²) in [5, 5.41) is 4.28. The van der Waals surface area contributed by atoms with Gasteiger partial charge in [-0.3, -0.25) is 4.79 Å². The van der Waals surface area contributed by atoms with Crippen molar-refractivity contribution in [2.45, 2.75) is 19.5 Å². The lowest BCUT2D eigenvalue weighted by Gasteiger charge is -2.27. The lowest BCUT2D eigenvalue weighted by atomic mass is 10.1. The maximum absolute atomic E-state index is 15.0. The molecule has 4 aromatic rings. The van der Waals surface area contributed by atoms with E-state index in [-0.39, 0.29) is 40.2 Å². The van der Waals surface area contributed by atoms with Crippen LogP contribution < -0.4 is 4.90 Å². The van der Waals surface area contributed by atoms with Gasteiger partial charge in [-0.15, -0.1) is 0 Å². The van der Waals surface area contributed by atoms with Gasteiger partial charge in [0.1, 0.15) is 5.15 Å². The van der Waals surface area contributed by atoms with Crippen molar-refractivity contribution in [3.8, 4) is 0 Å². The highest BCUT2D eigenvalue weighted by Crippen LogP contribution is 2.34. The third-order valence-corrected chi connectivity index (χ3v) is 6.35. The molecule has 2 aromatic heterocycles. The summed E-state index contributed by atoms with van der Waals surface area (Å²) in [6, 6.07) is 6.86. The molecule has 0 radical (unpaired) electrons. The monoisotopic (exact) mass is 505 g/mol. The molecule has 0 bridgehead atoms. The standard InChI is InChI=1S/C23H16Cl2F3N5O/c24-16-8-13(10-31-7-5-29-12-31)9-18(20(16)28)32-6-4-15-21(23(32)34)30-33(22(15)25)11-14-2-1-3-17(26)19(14)27/h1-3,5,7-9,12H,4,6,10-11H2. The number of hydrogen-bond acceptors (Lipinski definition) is 3. The zero-order valence-electron chi connectivity index (χ0n) is 17.5. The predicted octanol–water partition coefficient (Wildman–Crippen LogP) is 5.10. The van der Waals surface area contributed by atoms with Crippen LogP contribution in [0.4, 0.5) is 18.9 Å². The second kappa shape index (κ2) is 8.81. The van der Waals surface area contributed by atoms with Gasteiger partial charge in [-0.05, 0) is 30.2 Å². The third-order valence-electron chi connectivity index (χ3n) is 5.65. The van der Waals surface area contributed by atoms with Crippen LogP contribution >= 0.6 is 23.2 Å². The Morgan fingerprint density at radius 1 is 1.06 bits per heavy atom. The van der Waals surface area contributed by atoms with E-state index in [0.717, 1.165) is 6.07 Å². The Bertz CT molecular complexity index is 1400. The van der Waals surface area contributed by atoms with E-state index in [2.05, 4.69) is 10.1 Å². The summed E-state index contributed by atoms with van der Waals surface area (Å²) < 4.78 is 45.7. The molecule has 2 aromatic carbocycles. The lowest BCUT2D eigenvalue weighted by molar-refractivity contribution is 0.0974. The fourth-order valence-corrected chi connectivity index (χ4v) is 4.52. The van der Waals surface area contributed by atoms with Gasteiger partial charge in [-0.25, -0.2) is 22.8 Å². The molecule has 1 aliphatic rings. The van der Waals surface area contributed by atoms with Gasteiger partial charge in [0.05, 0.1) is 23.6 Å². The first kappa shape index (κ1) is 22.5. The van der Waals surface area contributed by atoms with Gasteiger partial charge in [0.15, 0.2) is 23.1 Å². The maximum atomic E-state index is 15.0. The predicted molar refractivity (Wildman–Crippen MR) is 121 cm³/mol. The zero-order chi connectivity index (χ0) is 24.0. The molecule has 0 unspecified atom stereocenters. The van der Waals surface area contributed by atoms with Crippen molar-refractivity contribution < 1.29 is 18.0 Å². The minimum absolute atomic E-state index is 0.0279. The number of anilines is 1. The number of nitrogens with zero attached hydrogens (tertiary/aromatic N) is 5. The normalized spacial score (nSPS) is 13.4. The van der Waals surface area contributed by atoms with E-state index in [0.29, 0.717) is 24.1 Å². The van der Waals surface area contributed by atoms with Crippen LogP contribution in [0, 0.1) is 17.5 Å². The number of aromatic nitrogens is 4. The molecule has 174 valence electrons. The minimum Gasteiger partial charge on any atom is -0.333 e. The van der Waals surface area contributed by atoms with Crippen LogP contribution in [0.3, 0.4) is 0 Å². The van der Waals surface area contributed by atoms with Crippen molar-refractivity contribution in [2.75, 3.05) is 11.4 Å². The number of amides is 1. The number of fused-ring (bicyclic) bond motifs is 1. The molecular formula is C23H16Cl2F3N5O. The van der Waals surface area contributed by atoms with Gasteiger partial charge in [-0.2, -0.15) is 5.10 Å². The summed E-state index contributed by atoms with van der Waals surface area (Å²) in [6.07, 6.45) is 5.29. The molecule has 1 amide bonds.